The van der Waals surface area contributed by atoms with Gasteiger partial charge >= 0.3 is 5.97 Å². The number of carbonyl (C=O) groups excluding carboxylic acids is 1. The maximum absolute atomic E-state index is 11.6. The summed E-state index contributed by atoms with van der Waals surface area (Å²) < 4.78 is 4.79. The van der Waals surface area contributed by atoms with Crippen molar-refractivity contribution in [2.45, 2.75) is 57.9 Å². The minimum Gasteiger partial charge on any atom is -0.465 e. The number of carbonyl (C=O) groups is 1. The number of methoxy groups -OCH3 is 1. The zero-order chi connectivity index (χ0) is 14.4. The summed E-state index contributed by atoms with van der Waals surface area (Å²) in [6.45, 7) is 2.08. The van der Waals surface area contributed by atoms with Crippen molar-refractivity contribution < 1.29 is 9.53 Å². The molecular weight excluding hydrogens is 250 g/mol. The molecule has 0 atom stereocenters. The first kappa shape index (κ1) is 14.9. The summed E-state index contributed by atoms with van der Waals surface area (Å²) in [6.07, 6.45) is 9.12. The number of rotatable bonds is 3. The van der Waals surface area contributed by atoms with Crippen LogP contribution in [-0.4, -0.2) is 19.1 Å². The van der Waals surface area contributed by atoms with Crippen molar-refractivity contribution in [3.05, 3.63) is 29.3 Å². The maximum atomic E-state index is 11.6. The highest BCUT2D eigenvalue weighted by Gasteiger charge is 2.14. The van der Waals surface area contributed by atoms with Crippen LogP contribution in [0.1, 0.15) is 60.9 Å². The van der Waals surface area contributed by atoms with Gasteiger partial charge in [0.15, 0.2) is 0 Å². The molecule has 0 aromatic heterocycles. The van der Waals surface area contributed by atoms with Gasteiger partial charge in [0.1, 0.15) is 0 Å². The monoisotopic (exact) mass is 275 g/mol. The van der Waals surface area contributed by atoms with Gasteiger partial charge in [0.05, 0.1) is 12.7 Å². The Hall–Kier alpha value is -1.51. The lowest BCUT2D eigenvalue weighted by molar-refractivity contribution is 0.0601. The Morgan fingerprint density at radius 2 is 1.80 bits per heavy atom. The van der Waals surface area contributed by atoms with Crippen molar-refractivity contribution in [1.82, 2.24) is 0 Å². The first-order valence-electron chi connectivity index (χ1n) is 7.66. The zero-order valence-electron chi connectivity index (χ0n) is 12.6. The van der Waals surface area contributed by atoms with Crippen molar-refractivity contribution >= 4 is 11.7 Å². The summed E-state index contributed by atoms with van der Waals surface area (Å²) in [7, 11) is 1.42. The molecule has 1 N–H and O–H groups in total. The third-order valence-corrected chi connectivity index (χ3v) is 4.12. The molecule has 0 amide bonds. The molecule has 0 spiro atoms. The van der Waals surface area contributed by atoms with E-state index in [1.807, 2.05) is 18.2 Å². The molecule has 1 saturated carbocycles. The summed E-state index contributed by atoms with van der Waals surface area (Å²) in [4.78, 5) is 11.6. The lowest BCUT2D eigenvalue weighted by atomic mass is 9.96. The number of hydrogen-bond donors (Lipinski definition) is 1. The largest absolute Gasteiger partial charge is 0.465 e. The van der Waals surface area contributed by atoms with Crippen LogP contribution in [0.5, 0.6) is 0 Å². The first-order chi connectivity index (χ1) is 9.70. The predicted molar refractivity (Wildman–Crippen MR) is 82.2 cm³/mol. The third kappa shape index (κ3) is 3.99. The molecule has 0 heterocycles. The fourth-order valence-electron chi connectivity index (χ4n) is 2.84. The van der Waals surface area contributed by atoms with E-state index in [1.165, 1.54) is 57.6 Å². The molecule has 1 aromatic rings. The Bertz CT molecular complexity index is 448. The van der Waals surface area contributed by atoms with Gasteiger partial charge in [-0.1, -0.05) is 38.2 Å². The molecule has 0 unspecified atom stereocenters. The highest BCUT2D eigenvalue weighted by Crippen LogP contribution is 2.24. The van der Waals surface area contributed by atoms with Gasteiger partial charge in [-0.3, -0.25) is 0 Å². The summed E-state index contributed by atoms with van der Waals surface area (Å²) in [5, 5.41) is 3.63. The molecule has 1 fully saturated rings. The highest BCUT2D eigenvalue weighted by atomic mass is 16.5. The van der Waals surface area contributed by atoms with E-state index in [0.29, 0.717) is 11.6 Å². The molecule has 2 rings (SSSR count). The van der Waals surface area contributed by atoms with Gasteiger partial charge in [-0.25, -0.2) is 4.79 Å². The maximum Gasteiger partial charge on any atom is 0.337 e. The highest BCUT2D eigenvalue weighted by molar-refractivity contribution is 5.90. The molecular formula is C17H25NO2. The van der Waals surface area contributed by atoms with E-state index in [1.54, 1.807) is 0 Å². The quantitative estimate of drug-likeness (QED) is 0.835. The van der Waals surface area contributed by atoms with Crippen LogP contribution in [0.2, 0.25) is 0 Å². The van der Waals surface area contributed by atoms with Crippen molar-refractivity contribution in [3.8, 4) is 0 Å². The molecule has 1 aromatic carbocycles. The summed E-state index contributed by atoms with van der Waals surface area (Å²) in [5.74, 6) is -0.272. The molecule has 3 heteroatoms. The molecule has 110 valence electrons. The molecule has 3 nitrogen and oxygen atoms in total. The van der Waals surface area contributed by atoms with Gasteiger partial charge in [0, 0.05) is 11.7 Å². The minimum absolute atomic E-state index is 0.272. The van der Waals surface area contributed by atoms with Gasteiger partial charge in [0.2, 0.25) is 0 Å². The SMILES string of the molecule is COC(=O)c1ccc(C)c(NC2CCCCCCC2)c1. The van der Waals surface area contributed by atoms with Gasteiger partial charge in [-0.05, 0) is 37.5 Å². The van der Waals surface area contributed by atoms with Crippen molar-refractivity contribution in [3.63, 3.8) is 0 Å². The number of hydrogen-bond acceptors (Lipinski definition) is 3. The van der Waals surface area contributed by atoms with Crippen LogP contribution in [-0.2, 0) is 4.74 Å². The Labute approximate surface area is 121 Å². The Kier molecular flexibility index (Phi) is 5.45. The fourth-order valence-corrected chi connectivity index (χ4v) is 2.84. The van der Waals surface area contributed by atoms with Gasteiger partial charge in [-0.2, -0.15) is 0 Å². The van der Waals surface area contributed by atoms with Crippen LogP contribution in [0.15, 0.2) is 18.2 Å². The topological polar surface area (TPSA) is 38.3 Å². The second-order valence-electron chi connectivity index (χ2n) is 5.71. The van der Waals surface area contributed by atoms with Crippen LogP contribution in [0, 0.1) is 6.92 Å². The van der Waals surface area contributed by atoms with E-state index in [4.69, 9.17) is 4.74 Å². The molecule has 20 heavy (non-hydrogen) atoms. The average molecular weight is 275 g/mol. The van der Waals surface area contributed by atoms with E-state index >= 15 is 0 Å². The van der Waals surface area contributed by atoms with Crippen molar-refractivity contribution in [2.75, 3.05) is 12.4 Å². The van der Waals surface area contributed by atoms with Crippen LogP contribution in [0.4, 0.5) is 5.69 Å². The van der Waals surface area contributed by atoms with E-state index in [0.717, 1.165) is 5.69 Å². The Morgan fingerprint density at radius 3 is 2.45 bits per heavy atom. The predicted octanol–water partition coefficient (Wildman–Crippen LogP) is 4.31. The Balaban J connectivity index is 2.08. The fraction of sp³-hybridized carbons (Fsp3) is 0.588. The smallest absolute Gasteiger partial charge is 0.337 e. The van der Waals surface area contributed by atoms with Crippen LogP contribution in [0.3, 0.4) is 0 Å². The molecule has 0 radical (unpaired) electrons. The molecule has 0 aliphatic heterocycles. The van der Waals surface area contributed by atoms with E-state index in [2.05, 4.69) is 12.2 Å². The van der Waals surface area contributed by atoms with Crippen LogP contribution >= 0.6 is 0 Å². The second-order valence-corrected chi connectivity index (χ2v) is 5.71. The molecule has 0 saturated heterocycles. The second kappa shape index (κ2) is 7.32. The van der Waals surface area contributed by atoms with Crippen molar-refractivity contribution in [1.29, 1.82) is 0 Å². The molecule has 0 bridgehead atoms. The third-order valence-electron chi connectivity index (χ3n) is 4.12. The summed E-state index contributed by atoms with van der Waals surface area (Å²) in [5.41, 5.74) is 2.87. The number of benzene rings is 1. The van der Waals surface area contributed by atoms with Crippen molar-refractivity contribution in [2.24, 2.45) is 0 Å². The molecule has 1 aliphatic carbocycles. The number of anilines is 1. The van der Waals surface area contributed by atoms with Gasteiger partial charge in [-0.15, -0.1) is 0 Å². The normalized spacial score (nSPS) is 17.1. The average Bonchev–Trinajstić information content (AvgIpc) is 2.43. The number of ether oxygens (including phenoxy) is 1. The van der Waals surface area contributed by atoms with E-state index in [9.17, 15) is 4.79 Å². The van der Waals surface area contributed by atoms with Gasteiger partial charge < -0.3 is 10.1 Å². The lowest BCUT2D eigenvalue weighted by Crippen LogP contribution is -2.21. The van der Waals surface area contributed by atoms with E-state index in [-0.39, 0.29) is 5.97 Å². The summed E-state index contributed by atoms with van der Waals surface area (Å²) >= 11 is 0. The minimum atomic E-state index is -0.272. The standard InChI is InChI=1S/C17H25NO2/c1-13-10-11-14(17(19)20-2)12-16(13)18-15-8-6-4-3-5-7-9-15/h10-12,15,18H,3-9H2,1-2H3. The molecule has 1 aliphatic rings. The van der Waals surface area contributed by atoms with E-state index < -0.39 is 0 Å². The summed E-state index contributed by atoms with van der Waals surface area (Å²) in [6, 6.07) is 6.25. The number of nitrogens with one attached hydrogen (secondary N) is 1. The lowest BCUT2D eigenvalue weighted by Gasteiger charge is -2.23. The van der Waals surface area contributed by atoms with Gasteiger partial charge in [0.25, 0.3) is 0 Å². The Morgan fingerprint density at radius 1 is 1.15 bits per heavy atom. The van der Waals surface area contributed by atoms with Crippen LogP contribution in [0.25, 0.3) is 0 Å². The number of aryl methyl sites for hydroxylation is 1. The van der Waals surface area contributed by atoms with Crippen LogP contribution < -0.4 is 5.32 Å². The zero-order valence-corrected chi connectivity index (χ0v) is 12.6. The number of esters is 1. The first-order valence-corrected chi connectivity index (χ1v) is 7.66.